The molecular weight excluding hydrogens is 747 g/mol. The second-order valence-corrected chi connectivity index (χ2v) is 12.4. The summed E-state index contributed by atoms with van der Waals surface area (Å²) in [6, 6.07) is 17.5. The number of halogens is 1. The van der Waals surface area contributed by atoms with Crippen LogP contribution in [0.25, 0.3) is 11.0 Å². The van der Waals surface area contributed by atoms with E-state index in [-0.39, 0.29) is 55.2 Å². The van der Waals surface area contributed by atoms with Crippen molar-refractivity contribution in [3.63, 3.8) is 0 Å². The van der Waals surface area contributed by atoms with Gasteiger partial charge in [0, 0.05) is 36.0 Å². The maximum absolute atomic E-state index is 14.4. The molecule has 0 spiro atoms. The van der Waals surface area contributed by atoms with Gasteiger partial charge in [0.1, 0.15) is 35.4 Å². The first kappa shape index (κ1) is 35.6. The normalized spacial score (nSPS) is 17.2. The van der Waals surface area contributed by atoms with E-state index in [0.29, 0.717) is 32.1 Å². The molecule has 4 aromatic rings. The SMILES string of the molecule is COc1ccccc1CCN(C(=O)c1cc2ccccc2oc1=O)[C@@H]1CC(C(=O)NCCO)=C[C@H](Oc2c(I)cc(C=O)cc2OC)[C@H]1O. The standard InChI is InChI=1S/C36H35IN2O10/c1-46-28-9-5-3-7-22(28)11-13-39(35(44)25-17-23-8-4-6-10-29(23)49-36(25)45)27-18-24(34(43)38-12-14-40)19-30(32(27)42)48-33-26(37)15-21(20-41)16-31(33)47-2/h3-10,15-17,19-20,27,30,32,40,42H,11-14,18H2,1-2H3,(H,38,43)/t27-,30+,32+/m1/s1. The number of carbonyl (C=O) groups is 3. The molecule has 0 aliphatic heterocycles. The molecule has 0 saturated heterocycles. The van der Waals surface area contributed by atoms with Crippen molar-refractivity contribution in [2.24, 2.45) is 0 Å². The summed E-state index contributed by atoms with van der Waals surface area (Å²) >= 11 is 1.98. The van der Waals surface area contributed by atoms with Gasteiger partial charge in [-0.05, 0) is 71.0 Å². The van der Waals surface area contributed by atoms with Crippen molar-refractivity contribution in [2.45, 2.75) is 31.1 Å². The predicted octanol–water partition coefficient (Wildman–Crippen LogP) is 3.53. The van der Waals surface area contributed by atoms with E-state index in [9.17, 15) is 29.4 Å². The predicted molar refractivity (Wildman–Crippen MR) is 188 cm³/mol. The zero-order valence-corrected chi connectivity index (χ0v) is 28.9. The van der Waals surface area contributed by atoms with Crippen LogP contribution in [0.5, 0.6) is 17.2 Å². The van der Waals surface area contributed by atoms with Crippen LogP contribution in [0, 0.1) is 3.57 Å². The van der Waals surface area contributed by atoms with Gasteiger partial charge in [0.25, 0.3) is 5.91 Å². The molecule has 2 amide bonds. The first-order valence-corrected chi connectivity index (χ1v) is 16.5. The maximum Gasteiger partial charge on any atom is 0.349 e. The number of amides is 2. The number of carbonyl (C=O) groups excluding carboxylic acids is 3. The number of fused-ring (bicyclic) bond motifs is 1. The van der Waals surface area contributed by atoms with Gasteiger partial charge in [-0.3, -0.25) is 14.4 Å². The number of hydrogen-bond donors (Lipinski definition) is 3. The van der Waals surface area contributed by atoms with Gasteiger partial charge in [-0.15, -0.1) is 0 Å². The highest BCUT2D eigenvalue weighted by molar-refractivity contribution is 14.1. The summed E-state index contributed by atoms with van der Waals surface area (Å²) in [5.41, 5.74) is 0.522. The van der Waals surface area contributed by atoms with Gasteiger partial charge in [0.2, 0.25) is 5.91 Å². The average molecular weight is 783 g/mol. The van der Waals surface area contributed by atoms with Crippen molar-refractivity contribution in [3.05, 3.63) is 109 Å². The summed E-state index contributed by atoms with van der Waals surface area (Å²) in [5, 5.41) is 24.5. The molecule has 1 aromatic heterocycles. The third-order valence-electron chi connectivity index (χ3n) is 8.20. The van der Waals surface area contributed by atoms with Crippen LogP contribution in [0.15, 0.2) is 87.6 Å². The summed E-state index contributed by atoms with van der Waals surface area (Å²) in [5.74, 6) is -0.209. The van der Waals surface area contributed by atoms with Crippen LogP contribution in [-0.4, -0.2) is 85.4 Å². The molecule has 12 nitrogen and oxygen atoms in total. The summed E-state index contributed by atoms with van der Waals surface area (Å²) in [6.45, 7) is -0.312. The molecule has 13 heteroatoms. The highest BCUT2D eigenvalue weighted by Crippen LogP contribution is 2.37. The van der Waals surface area contributed by atoms with Crippen LogP contribution >= 0.6 is 22.6 Å². The third-order valence-corrected chi connectivity index (χ3v) is 9.01. The lowest BCUT2D eigenvalue weighted by molar-refractivity contribution is -0.118. The highest BCUT2D eigenvalue weighted by Gasteiger charge is 2.41. The van der Waals surface area contributed by atoms with E-state index in [1.807, 2.05) is 40.8 Å². The van der Waals surface area contributed by atoms with E-state index in [1.54, 1.807) is 36.4 Å². The number of nitrogens with zero attached hydrogens (tertiary/aromatic N) is 1. The quantitative estimate of drug-likeness (QED) is 0.104. The number of aliphatic hydroxyl groups is 2. The summed E-state index contributed by atoms with van der Waals surface area (Å²) in [6.07, 6.45) is -0.296. The number of benzene rings is 3. The summed E-state index contributed by atoms with van der Waals surface area (Å²) < 4.78 is 23.3. The van der Waals surface area contributed by atoms with Crippen molar-refractivity contribution in [1.29, 1.82) is 0 Å². The molecule has 256 valence electrons. The molecule has 3 aromatic carbocycles. The van der Waals surface area contributed by atoms with Gasteiger partial charge >= 0.3 is 5.63 Å². The van der Waals surface area contributed by atoms with Crippen molar-refractivity contribution in [2.75, 3.05) is 33.9 Å². The fourth-order valence-electron chi connectivity index (χ4n) is 5.77. The minimum atomic E-state index is -1.41. The molecule has 1 aliphatic rings. The van der Waals surface area contributed by atoms with Crippen LogP contribution in [0.4, 0.5) is 0 Å². The zero-order chi connectivity index (χ0) is 35.1. The Morgan fingerprint density at radius 1 is 1.06 bits per heavy atom. The number of para-hydroxylation sites is 2. The second-order valence-electron chi connectivity index (χ2n) is 11.2. The molecule has 0 unspecified atom stereocenters. The summed E-state index contributed by atoms with van der Waals surface area (Å²) in [7, 11) is 2.94. The topological polar surface area (TPSA) is 165 Å². The van der Waals surface area contributed by atoms with E-state index < -0.39 is 35.7 Å². The zero-order valence-electron chi connectivity index (χ0n) is 26.8. The Bertz CT molecular complexity index is 1940. The van der Waals surface area contributed by atoms with E-state index >= 15 is 0 Å². The number of aldehydes is 1. The second kappa shape index (κ2) is 16.1. The van der Waals surface area contributed by atoms with Gasteiger partial charge in [0.15, 0.2) is 11.5 Å². The molecule has 0 fully saturated rings. The molecule has 1 heterocycles. The lowest BCUT2D eigenvalue weighted by atomic mass is 9.87. The molecular formula is C36H35IN2O10. The summed E-state index contributed by atoms with van der Waals surface area (Å²) in [4.78, 5) is 53.8. The monoisotopic (exact) mass is 782 g/mol. The third kappa shape index (κ3) is 7.95. The molecule has 0 bridgehead atoms. The van der Waals surface area contributed by atoms with Crippen molar-refractivity contribution < 1.29 is 43.2 Å². The van der Waals surface area contributed by atoms with E-state index in [0.717, 1.165) is 5.56 Å². The molecule has 1 aliphatic carbocycles. The van der Waals surface area contributed by atoms with Gasteiger partial charge in [-0.2, -0.15) is 0 Å². The minimum Gasteiger partial charge on any atom is -0.496 e. The van der Waals surface area contributed by atoms with Crippen molar-refractivity contribution in [3.8, 4) is 17.2 Å². The largest absolute Gasteiger partial charge is 0.496 e. The van der Waals surface area contributed by atoms with Crippen LogP contribution < -0.4 is 25.2 Å². The minimum absolute atomic E-state index is 0.0142. The Kier molecular flexibility index (Phi) is 11.7. The number of nitrogens with one attached hydrogen (secondary N) is 1. The van der Waals surface area contributed by atoms with E-state index in [1.165, 1.54) is 37.3 Å². The number of hydrogen-bond acceptors (Lipinski definition) is 10. The van der Waals surface area contributed by atoms with E-state index in [4.69, 9.17) is 18.6 Å². The number of aliphatic hydroxyl groups excluding tert-OH is 2. The fraction of sp³-hybridized carbons (Fsp3) is 0.278. The van der Waals surface area contributed by atoms with E-state index in [2.05, 4.69) is 5.32 Å². The molecule has 3 atom stereocenters. The highest BCUT2D eigenvalue weighted by atomic mass is 127. The molecule has 3 N–H and O–H groups in total. The molecule has 5 rings (SSSR count). The Morgan fingerprint density at radius 2 is 1.80 bits per heavy atom. The van der Waals surface area contributed by atoms with Crippen molar-refractivity contribution >= 4 is 51.7 Å². The lowest BCUT2D eigenvalue weighted by Gasteiger charge is -2.40. The molecule has 0 saturated carbocycles. The van der Waals surface area contributed by atoms with Crippen LogP contribution in [0.2, 0.25) is 0 Å². The smallest absolute Gasteiger partial charge is 0.349 e. The van der Waals surface area contributed by atoms with Gasteiger partial charge in [-0.1, -0.05) is 36.4 Å². The fourth-order valence-corrected chi connectivity index (χ4v) is 6.52. The van der Waals surface area contributed by atoms with Gasteiger partial charge < -0.3 is 39.1 Å². The average Bonchev–Trinajstić information content (AvgIpc) is 3.12. The van der Waals surface area contributed by atoms with Crippen molar-refractivity contribution in [1.82, 2.24) is 10.2 Å². The van der Waals surface area contributed by atoms with Gasteiger partial charge in [-0.25, -0.2) is 4.79 Å². The number of ether oxygens (including phenoxy) is 3. The first-order chi connectivity index (χ1) is 23.7. The first-order valence-electron chi connectivity index (χ1n) is 15.4. The Morgan fingerprint density at radius 3 is 2.53 bits per heavy atom. The lowest BCUT2D eigenvalue weighted by Crippen LogP contribution is -2.56. The van der Waals surface area contributed by atoms with Gasteiger partial charge in [0.05, 0.1) is 30.4 Å². The van der Waals surface area contributed by atoms with Crippen LogP contribution in [0.3, 0.4) is 0 Å². The molecule has 49 heavy (non-hydrogen) atoms. The van der Waals surface area contributed by atoms with Crippen LogP contribution in [0.1, 0.15) is 32.7 Å². The Labute approximate surface area is 295 Å². The Balaban J connectivity index is 1.59. The maximum atomic E-state index is 14.4. The number of methoxy groups -OCH3 is 2. The molecule has 0 radical (unpaired) electrons. The number of rotatable bonds is 13. The van der Waals surface area contributed by atoms with Crippen LogP contribution in [-0.2, 0) is 11.2 Å². The Hall–Kier alpha value is -4.73.